The molecule has 0 aliphatic rings. The fourth-order valence-electron chi connectivity index (χ4n) is 0.215. The lowest BCUT2D eigenvalue weighted by Gasteiger charge is -2.09. The molecule has 60 valence electrons. The van der Waals surface area contributed by atoms with Gasteiger partial charge in [-0.3, -0.25) is 0 Å². The van der Waals surface area contributed by atoms with Crippen LogP contribution in [0.5, 0.6) is 0 Å². The highest BCUT2D eigenvalue weighted by molar-refractivity contribution is 9.29. The molecule has 0 amide bonds. The highest BCUT2D eigenvalue weighted by Gasteiger charge is 2.17. The van der Waals surface area contributed by atoms with Crippen molar-refractivity contribution < 1.29 is 0 Å². The first-order valence-corrected chi connectivity index (χ1v) is 7.22. The molecule has 6 heteroatoms. The Morgan fingerprint density at radius 2 is 1.30 bits per heavy atom. The molecule has 0 bridgehead atoms. The van der Waals surface area contributed by atoms with Gasteiger partial charge >= 0.3 is 0 Å². The number of rotatable bonds is 2. The third-order valence-electron chi connectivity index (χ3n) is 0.644. The molecule has 0 aliphatic carbocycles. The molecular formula is C4H2Br6. The summed E-state index contributed by atoms with van der Waals surface area (Å²) in [7, 11) is 0. The van der Waals surface area contributed by atoms with Crippen molar-refractivity contribution in [1.82, 2.24) is 0 Å². The molecule has 0 N–H and O–H groups in total. The Bertz CT molecular complexity index is 135. The maximum Gasteiger partial charge on any atom is 0.0869 e. The molecule has 0 aromatic carbocycles. The van der Waals surface area contributed by atoms with E-state index in [1.807, 2.05) is 0 Å². The zero-order chi connectivity index (χ0) is 8.31. The predicted octanol–water partition coefficient (Wildman–Crippen LogP) is 5.22. The van der Waals surface area contributed by atoms with Crippen LogP contribution in [0.2, 0.25) is 0 Å². The van der Waals surface area contributed by atoms with Crippen LogP contribution in [0.1, 0.15) is 0 Å². The molecule has 10 heavy (non-hydrogen) atoms. The molecule has 1 unspecified atom stereocenters. The summed E-state index contributed by atoms with van der Waals surface area (Å²) >= 11 is 20.2. The molecule has 0 nitrogen and oxygen atoms in total. The number of halogens is 6. The molecule has 0 radical (unpaired) electrons. The van der Waals surface area contributed by atoms with Crippen LogP contribution in [0.4, 0.5) is 0 Å². The lowest BCUT2D eigenvalue weighted by atomic mass is 10.5. The Hall–Kier alpha value is 2.62. The van der Waals surface area contributed by atoms with Crippen molar-refractivity contribution in [3.8, 4) is 0 Å². The predicted molar refractivity (Wildman–Crippen MR) is 68.2 cm³/mol. The van der Waals surface area contributed by atoms with E-state index in [9.17, 15) is 0 Å². The maximum absolute atomic E-state index is 3.45. The molecule has 1 atom stereocenters. The van der Waals surface area contributed by atoms with Crippen LogP contribution in [0.3, 0.4) is 0 Å². The van der Waals surface area contributed by atoms with Crippen LogP contribution in [0.15, 0.2) is 7.87 Å². The van der Waals surface area contributed by atoms with E-state index in [-0.39, 0.29) is 8.56 Å². The van der Waals surface area contributed by atoms with E-state index in [4.69, 9.17) is 0 Å². The Kier molecular flexibility index (Phi) is 7.74. The third kappa shape index (κ3) is 4.60. The molecule has 0 aromatic rings. The van der Waals surface area contributed by atoms with Crippen molar-refractivity contribution in [1.29, 1.82) is 0 Å². The molecule has 0 aromatic heterocycles. The second kappa shape index (κ2) is 6.13. The number of hydrogen-bond acceptors (Lipinski definition) is 0. The van der Waals surface area contributed by atoms with Gasteiger partial charge in [-0.1, -0.05) is 63.7 Å². The molecular weight excluding hydrogens is 527 g/mol. The second-order valence-corrected chi connectivity index (χ2v) is 9.04. The van der Waals surface area contributed by atoms with Crippen LogP contribution >= 0.6 is 95.6 Å². The summed E-state index contributed by atoms with van der Waals surface area (Å²) in [5.41, 5.74) is 0. The Morgan fingerprint density at radius 3 is 1.40 bits per heavy atom. The largest absolute Gasteiger partial charge is 0.0869 e. The number of alkyl halides is 3. The Balaban J connectivity index is 4.22. The lowest BCUT2D eigenvalue weighted by Crippen LogP contribution is -2.06. The number of allylic oxidation sites excluding steroid dienone is 1. The van der Waals surface area contributed by atoms with E-state index >= 15 is 0 Å². The Labute approximate surface area is 110 Å². The number of hydrogen-bond donors (Lipinski definition) is 0. The standard InChI is InChI=1S/C4H2Br6/c5-1(3(7)8)2(6)4(9)10/h1,3H. The monoisotopic (exact) mass is 524 g/mol. The van der Waals surface area contributed by atoms with E-state index < -0.39 is 0 Å². The Morgan fingerprint density at radius 1 is 0.900 bits per heavy atom. The first kappa shape index (κ1) is 12.6. The molecule has 0 rings (SSSR count). The topological polar surface area (TPSA) is 0 Å². The van der Waals surface area contributed by atoms with Crippen LogP contribution in [0.25, 0.3) is 0 Å². The molecule has 0 fully saturated rings. The first-order valence-electron chi connectivity index (χ1n) is 2.09. The van der Waals surface area contributed by atoms with Gasteiger partial charge in [0.05, 0.1) is 12.0 Å². The summed E-state index contributed by atoms with van der Waals surface area (Å²) < 4.78 is 2.14. The summed E-state index contributed by atoms with van der Waals surface area (Å²) in [6, 6.07) is 0. The van der Waals surface area contributed by atoms with E-state index in [0.29, 0.717) is 0 Å². The van der Waals surface area contributed by atoms with Crippen LogP contribution in [0, 0.1) is 0 Å². The van der Waals surface area contributed by atoms with Gasteiger partial charge < -0.3 is 0 Å². The van der Waals surface area contributed by atoms with Gasteiger partial charge in [-0.05, 0) is 31.9 Å². The van der Waals surface area contributed by atoms with Gasteiger partial charge in [-0.2, -0.15) is 0 Å². The first-order chi connectivity index (χ1) is 4.46. The second-order valence-electron chi connectivity index (χ2n) is 1.34. The van der Waals surface area contributed by atoms with Gasteiger partial charge in [0.2, 0.25) is 0 Å². The summed E-state index contributed by atoms with van der Waals surface area (Å²) in [6.07, 6.45) is 0. The molecule has 0 aliphatic heterocycles. The molecule has 0 saturated carbocycles. The summed E-state index contributed by atoms with van der Waals surface area (Å²) in [5, 5.41) is 0. The van der Waals surface area contributed by atoms with Gasteiger partial charge in [-0.25, -0.2) is 0 Å². The lowest BCUT2D eigenvalue weighted by molar-refractivity contribution is 1.25. The van der Waals surface area contributed by atoms with Crippen LogP contribution < -0.4 is 0 Å². The smallest absolute Gasteiger partial charge is 0.0811 e. The van der Waals surface area contributed by atoms with E-state index in [1.54, 1.807) is 0 Å². The molecule has 0 saturated heterocycles. The van der Waals surface area contributed by atoms with Crippen molar-refractivity contribution >= 4 is 95.6 Å². The van der Waals surface area contributed by atoms with Gasteiger partial charge in [-0.15, -0.1) is 0 Å². The summed E-state index contributed by atoms with van der Waals surface area (Å²) in [4.78, 5) is 0.209. The van der Waals surface area contributed by atoms with Crippen LogP contribution in [-0.2, 0) is 0 Å². The average molecular weight is 529 g/mol. The van der Waals surface area contributed by atoms with Gasteiger partial charge in [0.25, 0.3) is 0 Å². The van der Waals surface area contributed by atoms with Crippen LogP contribution in [-0.4, -0.2) is 8.56 Å². The van der Waals surface area contributed by atoms with E-state index in [2.05, 4.69) is 95.6 Å². The van der Waals surface area contributed by atoms with Crippen molar-refractivity contribution in [3.05, 3.63) is 7.87 Å². The average Bonchev–Trinajstić information content (AvgIpc) is 1.84. The van der Waals surface area contributed by atoms with Gasteiger partial charge in [0.15, 0.2) is 0 Å². The van der Waals surface area contributed by atoms with Gasteiger partial charge in [0, 0.05) is 4.48 Å². The maximum atomic E-state index is 3.45. The van der Waals surface area contributed by atoms with Gasteiger partial charge in [0.1, 0.15) is 0 Å². The highest BCUT2D eigenvalue weighted by Crippen LogP contribution is 2.35. The third-order valence-corrected chi connectivity index (χ3v) is 7.53. The fraction of sp³-hybridized carbons (Fsp3) is 0.500. The molecule has 0 heterocycles. The van der Waals surface area contributed by atoms with Crippen molar-refractivity contribution in [3.63, 3.8) is 0 Å². The minimum Gasteiger partial charge on any atom is -0.0811 e. The SMILES string of the molecule is BrC(Br)=C(Br)C(Br)C(Br)Br. The highest BCUT2D eigenvalue weighted by atomic mass is 79.9. The zero-order valence-corrected chi connectivity index (χ0v) is 13.9. The summed E-state index contributed by atoms with van der Waals surface area (Å²) in [6.45, 7) is 0. The van der Waals surface area contributed by atoms with Crippen molar-refractivity contribution in [2.24, 2.45) is 0 Å². The van der Waals surface area contributed by atoms with Crippen molar-refractivity contribution in [2.45, 2.75) is 8.56 Å². The summed E-state index contributed by atoms with van der Waals surface area (Å²) in [5.74, 6) is 0. The van der Waals surface area contributed by atoms with E-state index in [1.165, 1.54) is 0 Å². The minimum atomic E-state index is 0.208. The molecule has 0 spiro atoms. The van der Waals surface area contributed by atoms with Crippen molar-refractivity contribution in [2.75, 3.05) is 0 Å². The quantitative estimate of drug-likeness (QED) is 0.431. The zero-order valence-electron chi connectivity index (χ0n) is 4.42. The minimum absolute atomic E-state index is 0.208. The van der Waals surface area contributed by atoms with E-state index in [0.717, 1.165) is 7.87 Å². The fourth-order valence-corrected chi connectivity index (χ4v) is 3.05. The normalized spacial score (nSPS) is 13.5.